The van der Waals surface area contributed by atoms with Crippen molar-refractivity contribution >= 4 is 5.97 Å². The van der Waals surface area contributed by atoms with Gasteiger partial charge < -0.3 is 10.1 Å². The summed E-state index contributed by atoms with van der Waals surface area (Å²) >= 11 is 0. The predicted octanol–water partition coefficient (Wildman–Crippen LogP) is 1.76. The molecular formula is C12H18N2O2. The average molecular weight is 222 g/mol. The van der Waals surface area contributed by atoms with Crippen molar-refractivity contribution in [1.82, 2.24) is 10.3 Å². The first-order chi connectivity index (χ1) is 7.42. The first-order valence-corrected chi connectivity index (χ1v) is 5.25. The van der Waals surface area contributed by atoms with Crippen LogP contribution in [0.1, 0.15) is 36.8 Å². The molecule has 0 atom stereocenters. The lowest BCUT2D eigenvalue weighted by molar-refractivity contribution is 0.00691. The van der Waals surface area contributed by atoms with Crippen molar-refractivity contribution in [2.45, 2.75) is 32.9 Å². The van der Waals surface area contributed by atoms with Gasteiger partial charge in [0.15, 0.2) is 0 Å². The van der Waals surface area contributed by atoms with Gasteiger partial charge in [-0.3, -0.25) is 4.98 Å². The molecule has 0 spiro atoms. The van der Waals surface area contributed by atoms with E-state index in [0.29, 0.717) is 12.1 Å². The van der Waals surface area contributed by atoms with Gasteiger partial charge >= 0.3 is 5.97 Å². The van der Waals surface area contributed by atoms with E-state index in [9.17, 15) is 4.79 Å². The molecule has 1 rings (SSSR count). The highest BCUT2D eigenvalue weighted by Crippen LogP contribution is 2.11. The van der Waals surface area contributed by atoms with Gasteiger partial charge in [-0.2, -0.15) is 0 Å². The van der Waals surface area contributed by atoms with Crippen molar-refractivity contribution in [3.05, 3.63) is 29.6 Å². The number of nitrogens with one attached hydrogen (secondary N) is 1. The Morgan fingerprint density at radius 2 is 2.12 bits per heavy atom. The van der Waals surface area contributed by atoms with Crippen LogP contribution in [0.5, 0.6) is 0 Å². The van der Waals surface area contributed by atoms with Crippen LogP contribution in [-0.2, 0) is 11.3 Å². The number of hydrogen-bond donors (Lipinski definition) is 1. The summed E-state index contributed by atoms with van der Waals surface area (Å²) in [5.74, 6) is -0.337. The van der Waals surface area contributed by atoms with E-state index < -0.39 is 5.60 Å². The molecule has 0 radical (unpaired) electrons. The molecule has 0 fully saturated rings. The lowest BCUT2D eigenvalue weighted by atomic mass is 10.2. The van der Waals surface area contributed by atoms with Crippen molar-refractivity contribution in [1.29, 1.82) is 0 Å². The summed E-state index contributed by atoms with van der Waals surface area (Å²) in [6.45, 7) is 6.21. The number of hydrogen-bond acceptors (Lipinski definition) is 4. The molecule has 4 nitrogen and oxygen atoms in total. The Morgan fingerprint density at radius 3 is 2.56 bits per heavy atom. The highest BCUT2D eigenvalue weighted by atomic mass is 16.6. The summed E-state index contributed by atoms with van der Waals surface area (Å²) in [5, 5.41) is 2.99. The van der Waals surface area contributed by atoms with Crippen LogP contribution in [0.2, 0.25) is 0 Å². The van der Waals surface area contributed by atoms with Crippen LogP contribution in [0.3, 0.4) is 0 Å². The molecule has 4 heteroatoms. The highest BCUT2D eigenvalue weighted by Gasteiger charge is 2.17. The molecule has 1 aromatic rings. The molecule has 1 heterocycles. The molecule has 88 valence electrons. The second-order valence-corrected chi connectivity index (χ2v) is 4.57. The molecule has 0 bridgehead atoms. The third kappa shape index (κ3) is 3.98. The smallest absolute Gasteiger partial charge is 0.340 e. The lowest BCUT2D eigenvalue weighted by Gasteiger charge is -2.19. The van der Waals surface area contributed by atoms with Crippen LogP contribution in [0.15, 0.2) is 18.3 Å². The fraction of sp³-hybridized carbons (Fsp3) is 0.500. The minimum absolute atomic E-state index is 0.337. The Balaban J connectivity index is 2.70. The van der Waals surface area contributed by atoms with E-state index in [0.717, 1.165) is 5.69 Å². The van der Waals surface area contributed by atoms with Gasteiger partial charge in [-0.05, 0) is 40.0 Å². The molecule has 0 aliphatic rings. The van der Waals surface area contributed by atoms with Gasteiger partial charge in [0.25, 0.3) is 0 Å². The molecule has 0 amide bonds. The third-order valence-electron chi connectivity index (χ3n) is 1.82. The van der Waals surface area contributed by atoms with Crippen molar-refractivity contribution < 1.29 is 9.53 Å². The monoisotopic (exact) mass is 222 g/mol. The fourth-order valence-corrected chi connectivity index (χ4v) is 1.17. The van der Waals surface area contributed by atoms with Gasteiger partial charge in [0.05, 0.1) is 11.3 Å². The van der Waals surface area contributed by atoms with Crippen LogP contribution in [0, 0.1) is 0 Å². The third-order valence-corrected chi connectivity index (χ3v) is 1.82. The second kappa shape index (κ2) is 5.07. The van der Waals surface area contributed by atoms with E-state index in [4.69, 9.17) is 4.74 Å². The largest absolute Gasteiger partial charge is 0.456 e. The highest BCUT2D eigenvalue weighted by molar-refractivity contribution is 5.89. The van der Waals surface area contributed by atoms with E-state index in [2.05, 4.69) is 10.3 Å². The fourth-order valence-electron chi connectivity index (χ4n) is 1.17. The molecule has 0 aliphatic carbocycles. The molecule has 0 aliphatic heterocycles. The molecule has 0 saturated heterocycles. The molecule has 0 unspecified atom stereocenters. The van der Waals surface area contributed by atoms with E-state index in [1.54, 1.807) is 12.3 Å². The Kier molecular flexibility index (Phi) is 4.01. The van der Waals surface area contributed by atoms with E-state index in [-0.39, 0.29) is 5.97 Å². The number of pyridine rings is 1. The van der Waals surface area contributed by atoms with Gasteiger partial charge in [0, 0.05) is 12.7 Å². The number of ether oxygens (including phenoxy) is 1. The summed E-state index contributed by atoms with van der Waals surface area (Å²) in [5.41, 5.74) is 0.908. The van der Waals surface area contributed by atoms with Crippen molar-refractivity contribution in [3.63, 3.8) is 0 Å². The first-order valence-electron chi connectivity index (χ1n) is 5.25. The lowest BCUT2D eigenvalue weighted by Crippen LogP contribution is -2.24. The molecule has 0 saturated carbocycles. The molecule has 1 aromatic heterocycles. The summed E-state index contributed by atoms with van der Waals surface area (Å²) in [7, 11) is 1.85. The Morgan fingerprint density at radius 1 is 1.44 bits per heavy atom. The second-order valence-electron chi connectivity index (χ2n) is 4.57. The zero-order chi connectivity index (χ0) is 12.2. The maximum Gasteiger partial charge on any atom is 0.340 e. The Bertz CT molecular complexity index is 352. The predicted molar refractivity (Wildman–Crippen MR) is 62.2 cm³/mol. The standard InChI is InChI=1S/C12H18N2O2/c1-12(2,3)16-11(15)9-5-6-10(8-13-4)14-7-9/h5-7,13H,8H2,1-4H3. The van der Waals surface area contributed by atoms with Crippen LogP contribution < -0.4 is 5.32 Å². The number of esters is 1. The minimum Gasteiger partial charge on any atom is -0.456 e. The molecule has 16 heavy (non-hydrogen) atoms. The van der Waals surface area contributed by atoms with Crippen molar-refractivity contribution in [2.24, 2.45) is 0 Å². The average Bonchev–Trinajstić information content (AvgIpc) is 2.16. The zero-order valence-electron chi connectivity index (χ0n) is 10.2. The SMILES string of the molecule is CNCc1ccc(C(=O)OC(C)(C)C)cn1. The van der Waals surface area contributed by atoms with Crippen molar-refractivity contribution in [3.8, 4) is 0 Å². The molecular weight excluding hydrogens is 204 g/mol. The van der Waals surface area contributed by atoms with Crippen LogP contribution >= 0.6 is 0 Å². The first kappa shape index (κ1) is 12.6. The van der Waals surface area contributed by atoms with Gasteiger partial charge in [0.1, 0.15) is 5.60 Å². The van der Waals surface area contributed by atoms with Crippen molar-refractivity contribution in [2.75, 3.05) is 7.05 Å². The normalized spacial score (nSPS) is 11.2. The van der Waals surface area contributed by atoms with E-state index in [1.165, 1.54) is 0 Å². The van der Waals surface area contributed by atoms with Crippen LogP contribution in [0.25, 0.3) is 0 Å². The van der Waals surface area contributed by atoms with Gasteiger partial charge in [-0.25, -0.2) is 4.79 Å². The Hall–Kier alpha value is -1.42. The zero-order valence-corrected chi connectivity index (χ0v) is 10.2. The van der Waals surface area contributed by atoms with E-state index >= 15 is 0 Å². The van der Waals surface area contributed by atoms with Gasteiger partial charge in [0.2, 0.25) is 0 Å². The summed E-state index contributed by atoms with van der Waals surface area (Å²) in [6, 6.07) is 3.55. The molecule has 1 N–H and O–H groups in total. The number of rotatable bonds is 3. The summed E-state index contributed by atoms with van der Waals surface area (Å²) < 4.78 is 5.23. The quantitative estimate of drug-likeness (QED) is 0.792. The van der Waals surface area contributed by atoms with Gasteiger partial charge in [-0.15, -0.1) is 0 Å². The van der Waals surface area contributed by atoms with Gasteiger partial charge in [-0.1, -0.05) is 0 Å². The maximum absolute atomic E-state index is 11.7. The number of aromatic nitrogens is 1. The van der Waals surface area contributed by atoms with Crippen LogP contribution in [-0.4, -0.2) is 23.6 Å². The Labute approximate surface area is 96.0 Å². The minimum atomic E-state index is -0.471. The maximum atomic E-state index is 11.7. The molecule has 0 aromatic carbocycles. The topological polar surface area (TPSA) is 51.2 Å². The number of carbonyl (C=O) groups is 1. The van der Waals surface area contributed by atoms with E-state index in [1.807, 2.05) is 33.9 Å². The number of carbonyl (C=O) groups excluding carboxylic acids is 1. The summed E-state index contributed by atoms with van der Waals surface area (Å²) in [6.07, 6.45) is 1.54. The summed E-state index contributed by atoms with van der Waals surface area (Å²) in [4.78, 5) is 15.8. The number of nitrogens with zero attached hydrogens (tertiary/aromatic N) is 1. The van der Waals surface area contributed by atoms with Crippen LogP contribution in [0.4, 0.5) is 0 Å².